The molecule has 0 bridgehead atoms. The Kier molecular flexibility index (Phi) is 26.7. The Morgan fingerprint density at radius 1 is 0.309 bits per heavy atom. The third-order valence-corrected chi connectivity index (χ3v) is 26.7. The number of piperazine rings is 4. The first kappa shape index (κ1) is 96.5. The summed E-state index contributed by atoms with van der Waals surface area (Å²) in [6.45, 7) is 9.30. The summed E-state index contributed by atoms with van der Waals surface area (Å²) in [6.07, 6.45) is -1.66. The molecule has 0 atom stereocenters. The number of pyridine rings is 4. The number of carbonyl (C=O) groups excluding carboxylic acids is 4. The van der Waals surface area contributed by atoms with E-state index in [-0.39, 0.29) is 92.9 Å². The van der Waals surface area contributed by atoms with Crippen LogP contribution in [0.5, 0.6) is 0 Å². The number of anilines is 4. The summed E-state index contributed by atoms with van der Waals surface area (Å²) in [5, 5.41) is 42.4. The van der Waals surface area contributed by atoms with Crippen LogP contribution in [0.4, 0.5) is 54.0 Å². The van der Waals surface area contributed by atoms with Crippen LogP contribution in [0.15, 0.2) is 244 Å². The Morgan fingerprint density at radius 3 is 0.940 bits per heavy atom. The summed E-state index contributed by atoms with van der Waals surface area (Å²) in [5.74, 6) is -1.34. The second kappa shape index (κ2) is 41.2. The molecule has 0 aliphatic carbocycles. The lowest BCUT2D eigenvalue weighted by Crippen LogP contribution is -2.49. The fourth-order valence-electron chi connectivity index (χ4n) is 18.9. The number of H-pyrrole nitrogens is 8. The lowest BCUT2D eigenvalue weighted by molar-refractivity contribution is -0.144. The van der Waals surface area contributed by atoms with Crippen molar-refractivity contribution in [3.05, 3.63) is 368 Å². The molecule has 149 heavy (non-hydrogen) atoms. The molecule has 4 amide bonds. The van der Waals surface area contributed by atoms with Crippen LogP contribution in [0.2, 0.25) is 0 Å². The van der Waals surface area contributed by atoms with Gasteiger partial charge in [0.05, 0.1) is 89.5 Å². The maximum absolute atomic E-state index is 14.8. The summed E-state index contributed by atoms with van der Waals surface area (Å²) in [7, 11) is 0. The van der Waals surface area contributed by atoms with E-state index >= 15 is 0 Å². The second-order valence-electron chi connectivity index (χ2n) is 36.0. The molecule has 24 rings (SSSR count). The van der Waals surface area contributed by atoms with Gasteiger partial charge in [-0.3, -0.25) is 38.4 Å². The molecule has 0 saturated carbocycles. The highest BCUT2D eigenvalue weighted by molar-refractivity contribution is 5.98. The SMILES string of the molecule is Cc1nc2nc(N3CCN(C(=O)c4cc(Cc5n[nH]c(=O)c6ccccc56)ccc4F)CC3)ccc2[nH]1.O=C(c1cc(Cc2n[nH]c(=O)c3ccccc23)ccc1F)N1CCN(c2ccc3[nH]c(C(F)(F)F)nc3n2)CC1.O=C(c1cc(Cc2n[nH]c(=O)c3ccccc23)ccc1F)N1CCN(c2ccc3[nH]cnc3n2)CC1.O=C(c1cc(Cc2n[nH]c(=O)c3ccccc23)ccc1F)N1CCN(c2ccc3n[nH]nc3n2)CC1. The van der Waals surface area contributed by atoms with Crippen molar-refractivity contribution in [2.45, 2.75) is 38.8 Å². The van der Waals surface area contributed by atoms with Gasteiger partial charge in [-0.05, 0) is 151 Å². The van der Waals surface area contributed by atoms with E-state index in [9.17, 15) is 69.1 Å². The van der Waals surface area contributed by atoms with Gasteiger partial charge in [0.2, 0.25) is 11.5 Å². The predicted molar refractivity (Wildman–Crippen MR) is 542 cm³/mol. The van der Waals surface area contributed by atoms with Crippen LogP contribution in [0.25, 0.3) is 87.7 Å². The maximum atomic E-state index is 14.8. The molecular weight excluding hydrogens is 1930 g/mol. The standard InChI is InChI=1S/C27H21F4N7O2.C27H24FN7O2.C26H22FN7O2.C25H21FN8O2/c28-19-6-5-15(14-21-16-3-1-2-4-17(16)24(39)36-35-21)13-18(19)25(40)38-11-9-37(10-12-38)22-8-7-20-23(33-22)34-26(32-20)27(29,30)31;1-16-29-22-8-9-24(31-25(22)30-16)34-10-12-35(13-11-34)27(37)20-14-17(6-7-21(20)28)15-23-18-4-2-3-5-19(18)26(36)33-32-23;27-20-6-5-16(14-22-17-3-1-2-4-18(17)25(35)32-31-22)13-19(20)26(36)34-11-9-33(10-12-34)23-8-7-21-24(30-23)29-15-28-21;26-19-6-5-15(14-21-16-3-1-2-4-17(16)24(35)31-28-21)13-18(19)25(36)34-11-9-33(10-12-34)22-8-7-20-23(27-22)30-32-29-20/h1-8,13H,9-12,14H2,(H,36,39)(H,32,33,34);2-9,14H,10-13,15H2,1H3,(H,33,36)(H,29,30,31);1-8,13,15H,9-12,14H2,(H,32,35)(H,28,29,30);1-8,13H,9-12,14H2,(H,31,35)(H,27,29,30,32). The van der Waals surface area contributed by atoms with Crippen LogP contribution in [-0.2, 0) is 31.9 Å². The van der Waals surface area contributed by atoms with Crippen molar-refractivity contribution in [2.75, 3.05) is 124 Å². The number of carbonyl (C=O) groups is 4. The number of hydrogen-bond donors (Lipinski definition) is 8. The fraction of sp³-hybridized carbons (Fsp3) is 0.210. The number of aromatic amines is 8. The summed E-state index contributed by atoms with van der Waals surface area (Å²) in [5.41, 5.74) is 8.76. The minimum atomic E-state index is -4.61. The van der Waals surface area contributed by atoms with E-state index in [1.54, 1.807) is 130 Å². The van der Waals surface area contributed by atoms with E-state index in [4.69, 9.17) is 0 Å². The van der Waals surface area contributed by atoms with Gasteiger partial charge in [-0.15, -0.1) is 5.10 Å². The quantitative estimate of drug-likeness (QED) is 0.0416. The van der Waals surface area contributed by atoms with E-state index in [1.165, 1.54) is 41.3 Å². The van der Waals surface area contributed by atoms with E-state index in [0.29, 0.717) is 194 Å². The highest BCUT2D eigenvalue weighted by Crippen LogP contribution is 2.33. The molecule has 0 radical (unpaired) electrons. The monoisotopic (exact) mass is 2020 g/mol. The van der Waals surface area contributed by atoms with Crippen LogP contribution >= 0.6 is 0 Å². The van der Waals surface area contributed by atoms with Gasteiger partial charge in [0.15, 0.2) is 16.9 Å². The number of aryl methyl sites for hydroxylation is 1. The lowest BCUT2D eigenvalue weighted by Gasteiger charge is -2.35. The van der Waals surface area contributed by atoms with Crippen LogP contribution < -0.4 is 41.8 Å². The largest absolute Gasteiger partial charge is 0.449 e. The first-order valence-electron chi connectivity index (χ1n) is 47.7. The Hall–Kier alpha value is -18.7. The van der Waals surface area contributed by atoms with Crippen molar-refractivity contribution in [3.63, 3.8) is 0 Å². The third-order valence-electron chi connectivity index (χ3n) is 26.7. The van der Waals surface area contributed by atoms with Gasteiger partial charge in [0, 0.05) is 152 Å². The first-order valence-corrected chi connectivity index (χ1v) is 47.7. The van der Waals surface area contributed by atoms with Gasteiger partial charge in [-0.2, -0.15) is 43.9 Å². The molecule has 0 spiro atoms. The van der Waals surface area contributed by atoms with Gasteiger partial charge in [0.1, 0.15) is 57.9 Å². The van der Waals surface area contributed by atoms with Gasteiger partial charge >= 0.3 is 6.18 Å². The van der Waals surface area contributed by atoms with Gasteiger partial charge in [-0.1, -0.05) is 97.1 Å². The first-order chi connectivity index (χ1) is 72.3. The number of imidazole rings is 3. The molecule has 12 aromatic heterocycles. The molecular formula is C105H88F7N29O8. The van der Waals surface area contributed by atoms with Crippen molar-refractivity contribution in [1.82, 2.24) is 126 Å². The van der Waals surface area contributed by atoms with Crippen molar-refractivity contribution >= 4 is 135 Å². The normalized spacial score (nSPS) is 14.1. The number of aromatic nitrogens is 21. The fourth-order valence-corrected chi connectivity index (χ4v) is 18.9. The van der Waals surface area contributed by atoms with Crippen LogP contribution in [0, 0.1) is 30.2 Å². The average molecular weight is 2020 g/mol. The summed E-state index contributed by atoms with van der Waals surface area (Å²) in [6, 6.07) is 61.1. The topological polar surface area (TPSA) is 456 Å². The van der Waals surface area contributed by atoms with Crippen molar-refractivity contribution in [1.29, 1.82) is 0 Å². The molecule has 4 aliphatic rings. The van der Waals surface area contributed by atoms with E-state index < -0.39 is 41.2 Å². The number of nitrogens with zero attached hydrogens (tertiary/aromatic N) is 21. The van der Waals surface area contributed by atoms with Crippen molar-refractivity contribution in [3.8, 4) is 0 Å². The second-order valence-corrected chi connectivity index (χ2v) is 36.0. The Bertz CT molecular complexity index is 8600. The molecule has 16 heterocycles. The number of rotatable bonds is 16. The molecule has 0 unspecified atom stereocenters. The minimum absolute atomic E-state index is 0.0248. The summed E-state index contributed by atoms with van der Waals surface area (Å²) < 4.78 is 97.9. The Morgan fingerprint density at radius 2 is 0.604 bits per heavy atom. The minimum Gasteiger partial charge on any atom is -0.353 e. The van der Waals surface area contributed by atoms with Crippen molar-refractivity contribution in [2.24, 2.45) is 0 Å². The van der Waals surface area contributed by atoms with Crippen LogP contribution in [0.3, 0.4) is 0 Å². The summed E-state index contributed by atoms with van der Waals surface area (Å²) >= 11 is 0. The van der Waals surface area contributed by atoms with Crippen LogP contribution in [0.1, 0.15) is 98.1 Å². The number of halogens is 7. The Labute approximate surface area is 837 Å². The van der Waals surface area contributed by atoms with Gasteiger partial charge in [-0.25, -0.2) is 72.8 Å². The van der Waals surface area contributed by atoms with E-state index in [1.807, 2.05) is 84.6 Å². The zero-order chi connectivity index (χ0) is 103. The molecule has 750 valence electrons. The predicted octanol–water partition coefficient (Wildman–Crippen LogP) is 12.3. The van der Waals surface area contributed by atoms with Crippen molar-refractivity contribution < 1.29 is 49.9 Å². The number of nitrogens with one attached hydrogen (secondary N) is 8. The zero-order valence-corrected chi connectivity index (χ0v) is 79.3. The number of benzene rings is 8. The number of amides is 4. The van der Waals surface area contributed by atoms with E-state index in [0.717, 1.165) is 67.2 Å². The Balaban J connectivity index is 0.000000116. The lowest BCUT2D eigenvalue weighted by atomic mass is 10.0. The number of alkyl halides is 3. The zero-order valence-electron chi connectivity index (χ0n) is 79.3. The summed E-state index contributed by atoms with van der Waals surface area (Å²) in [4.78, 5) is 154. The maximum Gasteiger partial charge on any atom is 0.449 e. The van der Waals surface area contributed by atoms with Crippen LogP contribution in [-0.4, -0.2) is 254 Å². The molecule has 4 saturated heterocycles. The molecule has 20 aromatic rings. The molecule has 44 heteroatoms. The molecule has 4 fully saturated rings. The number of fused-ring (bicyclic) bond motifs is 8. The van der Waals surface area contributed by atoms with Gasteiger partial charge < -0.3 is 54.2 Å². The molecule has 4 aliphatic heterocycles. The molecule has 37 nitrogen and oxygen atoms in total. The molecule has 8 N–H and O–H groups in total. The van der Waals surface area contributed by atoms with Gasteiger partial charge in [0.25, 0.3) is 45.9 Å². The molecule has 8 aromatic carbocycles. The number of hydrogen-bond acceptors (Lipinski definition) is 25. The average Bonchev–Trinajstić information content (AvgIpc) is 1.69. The highest BCUT2D eigenvalue weighted by atomic mass is 19.4. The van der Waals surface area contributed by atoms with E-state index in [2.05, 4.69) is 121 Å². The smallest absolute Gasteiger partial charge is 0.353 e. The third kappa shape index (κ3) is 20.6. The highest BCUT2D eigenvalue weighted by Gasteiger charge is 2.37.